The molecule has 1 aliphatic heterocycles. The Labute approximate surface area is 153 Å². The predicted molar refractivity (Wildman–Crippen MR) is 98.7 cm³/mol. The molecular weight excluding hydrogens is 335 g/mol. The van der Waals surface area contributed by atoms with Gasteiger partial charge in [-0.1, -0.05) is 50.2 Å². The highest BCUT2D eigenvalue weighted by atomic mass is 19.4. The average molecular weight is 360 g/mol. The summed E-state index contributed by atoms with van der Waals surface area (Å²) in [7, 11) is 0. The van der Waals surface area contributed by atoms with Crippen molar-refractivity contribution in [1.82, 2.24) is 4.90 Å². The zero-order chi connectivity index (χ0) is 18.7. The molecule has 4 heteroatoms. The Morgan fingerprint density at radius 2 is 1.65 bits per heavy atom. The van der Waals surface area contributed by atoms with Gasteiger partial charge in [-0.05, 0) is 60.5 Å². The van der Waals surface area contributed by atoms with E-state index in [-0.39, 0.29) is 6.04 Å². The fraction of sp³-hybridized carbons (Fsp3) is 0.409. The van der Waals surface area contributed by atoms with E-state index < -0.39 is 11.7 Å². The second-order valence-corrected chi connectivity index (χ2v) is 7.32. The Hall–Kier alpha value is -1.81. The van der Waals surface area contributed by atoms with E-state index in [1.807, 2.05) is 0 Å². The van der Waals surface area contributed by atoms with Gasteiger partial charge in [-0.2, -0.15) is 13.2 Å². The molecule has 0 bridgehead atoms. The van der Waals surface area contributed by atoms with E-state index in [2.05, 4.69) is 49.4 Å². The van der Waals surface area contributed by atoms with Crippen LogP contribution in [0, 0.1) is 6.42 Å². The van der Waals surface area contributed by atoms with Crippen molar-refractivity contribution < 1.29 is 13.2 Å². The van der Waals surface area contributed by atoms with Gasteiger partial charge in [0.1, 0.15) is 0 Å². The van der Waals surface area contributed by atoms with Crippen molar-refractivity contribution in [2.24, 2.45) is 0 Å². The van der Waals surface area contributed by atoms with Crippen molar-refractivity contribution in [1.29, 1.82) is 0 Å². The van der Waals surface area contributed by atoms with Crippen LogP contribution in [0.3, 0.4) is 0 Å². The summed E-state index contributed by atoms with van der Waals surface area (Å²) in [5.41, 5.74) is 2.93. The highest BCUT2D eigenvalue weighted by molar-refractivity contribution is 5.29. The molecule has 1 aliphatic rings. The molecule has 1 saturated heterocycles. The molecule has 1 fully saturated rings. The minimum atomic E-state index is -4.28. The maximum Gasteiger partial charge on any atom is 0.416 e. The number of hydrogen-bond donors (Lipinski definition) is 0. The van der Waals surface area contributed by atoms with Gasteiger partial charge in [0.2, 0.25) is 0 Å². The van der Waals surface area contributed by atoms with E-state index in [4.69, 9.17) is 0 Å². The quantitative estimate of drug-likeness (QED) is 0.612. The van der Waals surface area contributed by atoms with Crippen LogP contribution < -0.4 is 0 Å². The van der Waals surface area contributed by atoms with Crippen LogP contribution in [0.1, 0.15) is 60.9 Å². The molecule has 0 N–H and O–H groups in total. The number of alkyl halides is 3. The molecular formula is C22H25F3N. The molecule has 139 valence electrons. The Balaban J connectivity index is 1.75. The summed E-state index contributed by atoms with van der Waals surface area (Å²) in [5.74, 6) is 0.508. The lowest BCUT2D eigenvalue weighted by Crippen LogP contribution is -2.33. The van der Waals surface area contributed by atoms with Gasteiger partial charge < -0.3 is 0 Å². The second-order valence-electron chi connectivity index (χ2n) is 7.32. The summed E-state index contributed by atoms with van der Waals surface area (Å²) in [6.07, 6.45) is -0.160. The molecule has 0 aromatic heterocycles. The Morgan fingerprint density at radius 3 is 2.23 bits per heavy atom. The van der Waals surface area contributed by atoms with Crippen molar-refractivity contribution in [3.05, 3.63) is 77.2 Å². The van der Waals surface area contributed by atoms with Crippen LogP contribution in [0.2, 0.25) is 0 Å². The highest BCUT2D eigenvalue weighted by Gasteiger charge is 2.31. The molecule has 2 aromatic rings. The first-order chi connectivity index (χ1) is 12.3. The number of benzene rings is 2. The standard InChI is InChI=1S/C22H25F3N/c1-16(2)18-8-6-17(7-9-18)15-26-14-4-3-5-21(26)19-10-12-20(13-11-19)22(23,24)25/h3,6-13,16,21H,4-5,14-15H2,1-2H3. The molecule has 0 amide bonds. The maximum absolute atomic E-state index is 12.8. The molecule has 2 aromatic carbocycles. The van der Waals surface area contributed by atoms with Gasteiger partial charge in [0.05, 0.1) is 5.56 Å². The summed E-state index contributed by atoms with van der Waals surface area (Å²) >= 11 is 0. The molecule has 1 heterocycles. The lowest BCUT2D eigenvalue weighted by Gasteiger charge is -2.36. The Kier molecular flexibility index (Phi) is 5.71. The zero-order valence-corrected chi connectivity index (χ0v) is 15.3. The average Bonchev–Trinajstić information content (AvgIpc) is 2.62. The third-order valence-electron chi connectivity index (χ3n) is 5.11. The molecule has 0 spiro atoms. The normalized spacial score (nSPS) is 19.1. The fourth-order valence-corrected chi connectivity index (χ4v) is 3.51. The minimum absolute atomic E-state index is 0.135. The van der Waals surface area contributed by atoms with Crippen molar-refractivity contribution in [3.63, 3.8) is 0 Å². The van der Waals surface area contributed by atoms with Crippen LogP contribution in [0.25, 0.3) is 0 Å². The van der Waals surface area contributed by atoms with Gasteiger partial charge in [0.15, 0.2) is 0 Å². The van der Waals surface area contributed by atoms with Crippen LogP contribution in [0.15, 0.2) is 48.5 Å². The van der Waals surface area contributed by atoms with Crippen LogP contribution >= 0.6 is 0 Å². The topological polar surface area (TPSA) is 3.24 Å². The summed E-state index contributed by atoms with van der Waals surface area (Å²) in [4.78, 5) is 2.37. The predicted octanol–water partition coefficient (Wildman–Crippen LogP) is 6.37. The minimum Gasteiger partial charge on any atom is -0.292 e. The van der Waals surface area contributed by atoms with E-state index in [0.717, 1.165) is 31.5 Å². The zero-order valence-electron chi connectivity index (χ0n) is 15.3. The highest BCUT2D eigenvalue weighted by Crippen LogP contribution is 2.34. The fourth-order valence-electron chi connectivity index (χ4n) is 3.51. The summed E-state index contributed by atoms with van der Waals surface area (Å²) < 4.78 is 38.4. The van der Waals surface area contributed by atoms with Crippen molar-refractivity contribution in [2.75, 3.05) is 6.54 Å². The smallest absolute Gasteiger partial charge is 0.292 e. The van der Waals surface area contributed by atoms with Gasteiger partial charge in [-0.15, -0.1) is 0 Å². The van der Waals surface area contributed by atoms with Crippen molar-refractivity contribution in [3.8, 4) is 0 Å². The number of hydrogen-bond acceptors (Lipinski definition) is 1. The van der Waals surface area contributed by atoms with Crippen molar-refractivity contribution in [2.45, 2.75) is 51.4 Å². The van der Waals surface area contributed by atoms with E-state index in [9.17, 15) is 13.2 Å². The molecule has 3 rings (SSSR count). The number of piperidine rings is 1. The number of halogens is 3. The monoisotopic (exact) mass is 360 g/mol. The summed E-state index contributed by atoms with van der Waals surface area (Å²) in [5, 5.41) is 0. The van der Waals surface area contributed by atoms with Crippen LogP contribution in [-0.4, -0.2) is 11.4 Å². The summed E-state index contributed by atoms with van der Waals surface area (Å²) in [6, 6.07) is 14.4. The first kappa shape index (κ1) is 19.0. The number of likely N-dealkylation sites (tertiary alicyclic amines) is 1. The largest absolute Gasteiger partial charge is 0.416 e. The molecule has 1 radical (unpaired) electrons. The van der Waals surface area contributed by atoms with Crippen LogP contribution in [-0.2, 0) is 12.7 Å². The van der Waals surface area contributed by atoms with E-state index in [0.29, 0.717) is 5.92 Å². The van der Waals surface area contributed by atoms with Gasteiger partial charge in [-0.25, -0.2) is 0 Å². The van der Waals surface area contributed by atoms with Gasteiger partial charge in [-0.3, -0.25) is 4.90 Å². The molecule has 26 heavy (non-hydrogen) atoms. The molecule has 0 saturated carbocycles. The van der Waals surface area contributed by atoms with E-state index in [1.54, 1.807) is 12.1 Å². The van der Waals surface area contributed by atoms with Gasteiger partial charge >= 0.3 is 6.18 Å². The summed E-state index contributed by atoms with van der Waals surface area (Å²) in [6.45, 7) is 6.10. The van der Waals surface area contributed by atoms with Crippen molar-refractivity contribution >= 4 is 0 Å². The van der Waals surface area contributed by atoms with Crippen LogP contribution in [0.5, 0.6) is 0 Å². The lowest BCUT2D eigenvalue weighted by molar-refractivity contribution is -0.137. The van der Waals surface area contributed by atoms with Crippen LogP contribution in [0.4, 0.5) is 13.2 Å². The molecule has 1 unspecified atom stereocenters. The van der Waals surface area contributed by atoms with Gasteiger partial charge in [0, 0.05) is 12.6 Å². The molecule has 1 atom stereocenters. The maximum atomic E-state index is 12.8. The first-order valence-electron chi connectivity index (χ1n) is 9.16. The second kappa shape index (κ2) is 7.83. The molecule has 1 nitrogen and oxygen atoms in total. The molecule has 0 aliphatic carbocycles. The Morgan fingerprint density at radius 1 is 1.00 bits per heavy atom. The third kappa shape index (κ3) is 4.47. The van der Waals surface area contributed by atoms with E-state index >= 15 is 0 Å². The number of nitrogens with zero attached hydrogens (tertiary/aromatic N) is 1. The third-order valence-corrected chi connectivity index (χ3v) is 5.11. The number of rotatable bonds is 4. The lowest BCUT2D eigenvalue weighted by atomic mass is 9.93. The first-order valence-corrected chi connectivity index (χ1v) is 9.16. The SMILES string of the molecule is CC(C)c1ccc(CN2CC[CH]CC2c2ccc(C(F)(F)F)cc2)cc1. The van der Waals surface area contributed by atoms with Gasteiger partial charge in [0.25, 0.3) is 0 Å². The van der Waals surface area contributed by atoms with E-state index in [1.165, 1.54) is 23.3 Å². The Bertz CT molecular complexity index is 702.